The first-order valence-corrected chi connectivity index (χ1v) is 13.4. The number of halogens is 1. The van der Waals surface area contributed by atoms with Crippen LogP contribution in [0.15, 0.2) is 23.9 Å². The van der Waals surface area contributed by atoms with Crippen molar-refractivity contribution >= 4 is 52.4 Å². The molecule has 3 unspecified atom stereocenters. The van der Waals surface area contributed by atoms with Crippen molar-refractivity contribution in [2.75, 3.05) is 26.6 Å². The number of nitrogens with zero attached hydrogens (tertiary/aromatic N) is 3. The summed E-state index contributed by atoms with van der Waals surface area (Å²) in [5.74, 6) is -1.11. The molecule has 37 heavy (non-hydrogen) atoms. The third-order valence-electron chi connectivity index (χ3n) is 7.19. The highest BCUT2D eigenvalue weighted by Gasteiger charge is 2.43. The van der Waals surface area contributed by atoms with Crippen molar-refractivity contribution < 1.29 is 19.4 Å². The SMILES string of the molecule is CN1Cc2nc(C(=O)NC3CC([NH+]4Nc5cc(Cl)ccc5C=C4C(N)=O)C[C@H](C(=O)N(C)C)C3)sc2C1. The average molecular weight is 545 g/mol. The first-order valence-electron chi connectivity index (χ1n) is 12.2. The molecule has 1 aliphatic carbocycles. The summed E-state index contributed by atoms with van der Waals surface area (Å²) in [5.41, 5.74) is 12.1. The number of nitrogens with two attached hydrogens (primary N) is 1. The van der Waals surface area contributed by atoms with E-state index in [9.17, 15) is 14.4 Å². The minimum atomic E-state index is -0.549. The molecule has 196 valence electrons. The summed E-state index contributed by atoms with van der Waals surface area (Å²) in [6.07, 6.45) is 3.36. The van der Waals surface area contributed by atoms with Gasteiger partial charge in [-0.25, -0.2) is 10.4 Å². The minimum Gasteiger partial charge on any atom is -0.361 e. The number of thiazole rings is 1. The topological polar surface area (TPSA) is 125 Å². The Labute approximate surface area is 224 Å². The fraction of sp³-hybridized carbons (Fsp3) is 0.440. The molecule has 3 heterocycles. The van der Waals surface area contributed by atoms with E-state index in [1.54, 1.807) is 37.2 Å². The van der Waals surface area contributed by atoms with E-state index in [0.717, 1.165) is 34.9 Å². The number of rotatable bonds is 5. The number of benzene rings is 1. The monoisotopic (exact) mass is 544 g/mol. The highest BCUT2D eigenvalue weighted by Crippen LogP contribution is 2.30. The van der Waals surface area contributed by atoms with Crippen molar-refractivity contribution in [1.82, 2.24) is 20.1 Å². The van der Waals surface area contributed by atoms with E-state index in [0.29, 0.717) is 40.0 Å². The van der Waals surface area contributed by atoms with Crippen LogP contribution in [0.2, 0.25) is 5.02 Å². The van der Waals surface area contributed by atoms with Gasteiger partial charge in [0.2, 0.25) is 11.6 Å². The molecule has 2 aromatic rings. The van der Waals surface area contributed by atoms with Gasteiger partial charge in [0.05, 0.1) is 11.4 Å². The van der Waals surface area contributed by atoms with Crippen LogP contribution in [0.1, 0.15) is 45.2 Å². The maximum Gasteiger partial charge on any atom is 0.305 e. The van der Waals surface area contributed by atoms with Crippen LogP contribution in [0.25, 0.3) is 6.08 Å². The molecular formula is C25H31ClN7O3S+. The number of carbonyl (C=O) groups is 3. The summed E-state index contributed by atoms with van der Waals surface area (Å²) in [4.78, 5) is 48.1. The molecule has 2 aliphatic heterocycles. The molecule has 0 spiro atoms. The molecule has 12 heteroatoms. The van der Waals surface area contributed by atoms with Gasteiger partial charge in [0.15, 0.2) is 5.01 Å². The smallest absolute Gasteiger partial charge is 0.305 e. The van der Waals surface area contributed by atoms with Gasteiger partial charge in [0.25, 0.3) is 5.91 Å². The van der Waals surface area contributed by atoms with Crippen LogP contribution < -0.4 is 21.5 Å². The van der Waals surface area contributed by atoms with Crippen molar-refractivity contribution in [3.63, 3.8) is 0 Å². The molecule has 10 nitrogen and oxygen atoms in total. The van der Waals surface area contributed by atoms with E-state index in [-0.39, 0.29) is 29.8 Å². The van der Waals surface area contributed by atoms with Crippen molar-refractivity contribution in [3.8, 4) is 0 Å². The van der Waals surface area contributed by atoms with Crippen LogP contribution in [0.4, 0.5) is 5.69 Å². The normalized spacial score (nSPS) is 24.9. The van der Waals surface area contributed by atoms with Gasteiger partial charge < -0.3 is 16.0 Å². The number of anilines is 1. The second-order valence-corrected chi connectivity index (χ2v) is 11.8. The molecule has 4 atom stereocenters. The number of carbonyl (C=O) groups excluding carboxylic acids is 3. The third kappa shape index (κ3) is 5.22. The van der Waals surface area contributed by atoms with Crippen molar-refractivity contribution in [1.29, 1.82) is 0 Å². The van der Waals surface area contributed by atoms with Crippen molar-refractivity contribution in [2.24, 2.45) is 11.7 Å². The second-order valence-electron chi connectivity index (χ2n) is 10.3. The van der Waals surface area contributed by atoms with E-state index in [1.807, 2.05) is 13.1 Å². The summed E-state index contributed by atoms with van der Waals surface area (Å²) >= 11 is 7.64. The van der Waals surface area contributed by atoms with E-state index in [1.165, 1.54) is 11.3 Å². The summed E-state index contributed by atoms with van der Waals surface area (Å²) < 4.78 is 0. The number of fused-ring (bicyclic) bond motifs is 2. The highest BCUT2D eigenvalue weighted by molar-refractivity contribution is 7.13. The molecule has 5 N–H and O–H groups in total. The Hall–Kier alpha value is -2.99. The fourth-order valence-corrected chi connectivity index (χ4v) is 6.73. The van der Waals surface area contributed by atoms with Gasteiger partial charge in [-0.3, -0.25) is 19.3 Å². The lowest BCUT2D eigenvalue weighted by atomic mass is 9.81. The first-order chi connectivity index (χ1) is 17.6. The molecule has 1 aromatic carbocycles. The zero-order valence-corrected chi connectivity index (χ0v) is 22.6. The number of primary amides is 1. The molecule has 0 saturated heterocycles. The Morgan fingerprint density at radius 3 is 2.73 bits per heavy atom. The molecule has 3 aliphatic rings. The van der Waals surface area contributed by atoms with E-state index in [2.05, 4.69) is 20.6 Å². The number of aromatic nitrogens is 1. The minimum absolute atomic E-state index is 0.00956. The van der Waals surface area contributed by atoms with Crippen LogP contribution in [0, 0.1) is 5.92 Å². The fourth-order valence-electron chi connectivity index (χ4n) is 5.50. The van der Waals surface area contributed by atoms with Gasteiger partial charge in [-0.1, -0.05) is 17.7 Å². The number of hydrogen-bond donors (Lipinski definition) is 4. The maximum atomic E-state index is 13.2. The predicted molar refractivity (Wildman–Crippen MR) is 142 cm³/mol. The Morgan fingerprint density at radius 1 is 1.24 bits per heavy atom. The van der Waals surface area contributed by atoms with Crippen LogP contribution in [0.5, 0.6) is 0 Å². The van der Waals surface area contributed by atoms with Gasteiger partial charge in [0.1, 0.15) is 6.04 Å². The molecule has 1 fully saturated rings. The zero-order valence-electron chi connectivity index (χ0n) is 21.0. The lowest BCUT2D eigenvalue weighted by molar-refractivity contribution is -0.862. The summed E-state index contributed by atoms with van der Waals surface area (Å²) in [6, 6.07) is 4.91. The van der Waals surface area contributed by atoms with E-state index >= 15 is 0 Å². The molecule has 3 amide bonds. The summed E-state index contributed by atoms with van der Waals surface area (Å²) in [6.45, 7) is 1.53. The third-order valence-corrected chi connectivity index (χ3v) is 8.50. The van der Waals surface area contributed by atoms with Crippen LogP contribution in [-0.4, -0.2) is 65.7 Å². The number of amides is 3. The Bertz CT molecular complexity index is 1270. The van der Waals surface area contributed by atoms with Crippen LogP contribution in [-0.2, 0) is 22.7 Å². The molecule has 1 saturated carbocycles. The Morgan fingerprint density at radius 2 is 2.03 bits per heavy atom. The second kappa shape index (κ2) is 10.1. The van der Waals surface area contributed by atoms with Gasteiger partial charge in [-0.2, -0.15) is 5.01 Å². The zero-order chi connectivity index (χ0) is 26.4. The van der Waals surface area contributed by atoms with Gasteiger partial charge >= 0.3 is 5.91 Å². The van der Waals surface area contributed by atoms with Gasteiger partial charge in [0, 0.05) is 73.5 Å². The summed E-state index contributed by atoms with van der Waals surface area (Å²) in [7, 11) is 5.48. The largest absolute Gasteiger partial charge is 0.361 e. The quantitative estimate of drug-likeness (QED) is 0.442. The first kappa shape index (κ1) is 25.7. The molecule has 0 radical (unpaired) electrons. The number of nitrogens with one attached hydrogen (secondary N) is 3. The Balaban J connectivity index is 1.40. The lowest BCUT2D eigenvalue weighted by Gasteiger charge is -2.39. The van der Waals surface area contributed by atoms with Crippen LogP contribution >= 0.6 is 22.9 Å². The highest BCUT2D eigenvalue weighted by atomic mass is 35.5. The number of hydrogen-bond acceptors (Lipinski definition) is 7. The van der Waals surface area contributed by atoms with E-state index < -0.39 is 5.91 Å². The lowest BCUT2D eigenvalue weighted by Crippen LogP contribution is -3.18. The maximum absolute atomic E-state index is 13.2. The van der Waals surface area contributed by atoms with E-state index in [4.69, 9.17) is 17.3 Å². The van der Waals surface area contributed by atoms with Gasteiger partial charge in [-0.15, -0.1) is 11.3 Å². The number of quaternary nitrogens is 1. The molecule has 1 aromatic heterocycles. The standard InChI is InChI=1S/C25H30ClN7O3S/c1-31(2)25(36)14-6-16(28-23(35)24-29-19-11-32(3)12-21(19)37-24)10-17(7-14)33-20(22(27)34)8-13-4-5-15(26)9-18(13)30-33/h4-5,8-9,14,16-17,30H,6-7,10-12H2,1-3H3,(H2,27,34)(H,28,35)/p+1/t14-,16?,17?/m1/s1. The summed E-state index contributed by atoms with van der Waals surface area (Å²) in [5, 5.41) is 4.80. The predicted octanol–water partition coefficient (Wildman–Crippen LogP) is 0.849. The molecule has 5 rings (SSSR count). The Kier molecular flexibility index (Phi) is 6.97. The van der Waals surface area contributed by atoms with Crippen molar-refractivity contribution in [2.45, 2.75) is 44.4 Å². The van der Waals surface area contributed by atoms with Crippen molar-refractivity contribution in [3.05, 3.63) is 50.1 Å². The molecule has 0 bridgehead atoms. The van der Waals surface area contributed by atoms with Gasteiger partial charge in [-0.05, 0) is 25.6 Å². The average Bonchev–Trinajstić information content (AvgIpc) is 3.40. The van der Waals surface area contributed by atoms with Crippen LogP contribution in [0.3, 0.4) is 0 Å². The molecular weight excluding hydrogens is 514 g/mol.